The lowest BCUT2D eigenvalue weighted by Crippen LogP contribution is -2.32. The van der Waals surface area contributed by atoms with Crippen molar-refractivity contribution in [2.24, 2.45) is 5.92 Å². The summed E-state index contributed by atoms with van der Waals surface area (Å²) < 4.78 is 4.89. The Morgan fingerprint density at radius 3 is 2.48 bits per heavy atom. The van der Waals surface area contributed by atoms with E-state index in [-0.39, 0.29) is 18.5 Å². The zero-order chi connectivity index (χ0) is 16.7. The molecule has 1 aliphatic heterocycles. The van der Waals surface area contributed by atoms with Crippen LogP contribution in [0, 0.1) is 5.92 Å². The summed E-state index contributed by atoms with van der Waals surface area (Å²) in [5.41, 5.74) is 1.90. The number of esters is 1. The summed E-state index contributed by atoms with van der Waals surface area (Å²) in [6, 6.07) is 7.82. The molecular weight excluding hydrogens is 292 g/mol. The molecule has 1 aromatic carbocycles. The van der Waals surface area contributed by atoms with E-state index in [0.29, 0.717) is 6.42 Å². The van der Waals surface area contributed by atoms with E-state index in [1.807, 2.05) is 31.2 Å². The fourth-order valence-electron chi connectivity index (χ4n) is 2.64. The van der Waals surface area contributed by atoms with Gasteiger partial charge >= 0.3 is 5.97 Å². The quantitative estimate of drug-likeness (QED) is 0.818. The molecule has 1 aliphatic rings. The minimum atomic E-state index is -0.336. The van der Waals surface area contributed by atoms with E-state index < -0.39 is 0 Å². The number of rotatable bonds is 6. The van der Waals surface area contributed by atoms with Crippen LogP contribution in [-0.4, -0.2) is 31.6 Å². The summed E-state index contributed by atoms with van der Waals surface area (Å²) in [5.74, 6) is 0.159. The molecule has 5 heteroatoms. The molecule has 1 fully saturated rings. The van der Waals surface area contributed by atoms with Crippen molar-refractivity contribution in [2.45, 2.75) is 39.5 Å². The maximum absolute atomic E-state index is 11.7. The highest BCUT2D eigenvalue weighted by Gasteiger charge is 2.16. The molecular formula is C18H26N2O3. The minimum absolute atomic E-state index is 0.232. The van der Waals surface area contributed by atoms with Crippen LogP contribution in [-0.2, 0) is 14.3 Å². The molecule has 0 atom stereocenters. The highest BCUT2D eigenvalue weighted by atomic mass is 16.5. The fourth-order valence-corrected chi connectivity index (χ4v) is 2.64. The van der Waals surface area contributed by atoms with Crippen molar-refractivity contribution in [1.82, 2.24) is 0 Å². The largest absolute Gasteiger partial charge is 0.456 e. The normalized spacial score (nSPS) is 15.3. The van der Waals surface area contributed by atoms with Gasteiger partial charge in [-0.05, 0) is 49.4 Å². The standard InChI is InChI=1S/C18H26N2O3/c1-3-4-18(22)23-13-17(21)19-15-5-7-16(8-6-15)20-11-9-14(2)10-12-20/h5-8,14H,3-4,9-13H2,1-2H3,(H,19,21). The number of carbonyl (C=O) groups excluding carboxylic acids is 2. The van der Waals surface area contributed by atoms with Crippen LogP contribution >= 0.6 is 0 Å². The van der Waals surface area contributed by atoms with E-state index >= 15 is 0 Å². The summed E-state index contributed by atoms with van der Waals surface area (Å²) in [6.45, 7) is 6.13. The van der Waals surface area contributed by atoms with Crippen LogP contribution in [0.3, 0.4) is 0 Å². The van der Waals surface area contributed by atoms with Gasteiger partial charge in [-0.25, -0.2) is 0 Å². The van der Waals surface area contributed by atoms with Crippen molar-refractivity contribution >= 4 is 23.3 Å². The first kappa shape index (κ1) is 17.3. The summed E-state index contributed by atoms with van der Waals surface area (Å²) in [6.07, 6.45) is 3.51. The van der Waals surface area contributed by atoms with Crippen LogP contribution in [0.2, 0.25) is 0 Å². The lowest BCUT2D eigenvalue weighted by Gasteiger charge is -2.32. The summed E-state index contributed by atoms with van der Waals surface area (Å²) in [7, 11) is 0. The second-order valence-electron chi connectivity index (χ2n) is 6.18. The second-order valence-corrected chi connectivity index (χ2v) is 6.18. The number of hydrogen-bond acceptors (Lipinski definition) is 4. The van der Waals surface area contributed by atoms with Gasteiger partial charge in [0.15, 0.2) is 6.61 Å². The van der Waals surface area contributed by atoms with Gasteiger partial charge in [0, 0.05) is 30.9 Å². The molecule has 126 valence electrons. The van der Waals surface area contributed by atoms with Gasteiger partial charge in [-0.3, -0.25) is 9.59 Å². The summed E-state index contributed by atoms with van der Waals surface area (Å²) in [5, 5.41) is 2.74. The van der Waals surface area contributed by atoms with Gasteiger partial charge < -0.3 is 15.0 Å². The smallest absolute Gasteiger partial charge is 0.306 e. The fraction of sp³-hybridized carbons (Fsp3) is 0.556. The highest BCUT2D eigenvalue weighted by Crippen LogP contribution is 2.24. The molecule has 1 amide bonds. The number of nitrogens with zero attached hydrogens (tertiary/aromatic N) is 1. The number of carbonyl (C=O) groups is 2. The third kappa shape index (κ3) is 5.58. The van der Waals surface area contributed by atoms with Crippen molar-refractivity contribution in [3.05, 3.63) is 24.3 Å². The SMILES string of the molecule is CCCC(=O)OCC(=O)Nc1ccc(N2CCC(C)CC2)cc1. The average molecular weight is 318 g/mol. The van der Waals surface area contributed by atoms with E-state index in [4.69, 9.17) is 4.74 Å². The van der Waals surface area contributed by atoms with Gasteiger partial charge in [-0.2, -0.15) is 0 Å². The number of ether oxygens (including phenoxy) is 1. The van der Waals surface area contributed by atoms with Crippen molar-refractivity contribution in [1.29, 1.82) is 0 Å². The zero-order valence-electron chi connectivity index (χ0n) is 14.0. The van der Waals surface area contributed by atoms with E-state index in [0.717, 1.165) is 31.1 Å². The molecule has 1 aromatic rings. The predicted octanol–water partition coefficient (Wildman–Crippen LogP) is 3.20. The number of anilines is 2. The van der Waals surface area contributed by atoms with Gasteiger partial charge in [0.2, 0.25) is 0 Å². The lowest BCUT2D eigenvalue weighted by atomic mass is 9.99. The van der Waals surface area contributed by atoms with Gasteiger partial charge in [0.1, 0.15) is 0 Å². The van der Waals surface area contributed by atoms with Gasteiger partial charge in [0.05, 0.1) is 0 Å². The van der Waals surface area contributed by atoms with Gasteiger partial charge in [0.25, 0.3) is 5.91 Å². The molecule has 0 unspecified atom stereocenters. The zero-order valence-corrected chi connectivity index (χ0v) is 14.0. The number of nitrogens with one attached hydrogen (secondary N) is 1. The minimum Gasteiger partial charge on any atom is -0.456 e. The number of benzene rings is 1. The monoisotopic (exact) mass is 318 g/mol. The first-order chi connectivity index (χ1) is 11.1. The molecule has 2 rings (SSSR count). The number of hydrogen-bond donors (Lipinski definition) is 1. The Labute approximate surface area is 138 Å². The predicted molar refractivity (Wildman–Crippen MR) is 91.5 cm³/mol. The molecule has 0 bridgehead atoms. The van der Waals surface area contributed by atoms with Gasteiger partial charge in [-0.1, -0.05) is 13.8 Å². The molecule has 1 heterocycles. The third-order valence-electron chi connectivity index (χ3n) is 4.12. The lowest BCUT2D eigenvalue weighted by molar-refractivity contribution is -0.147. The van der Waals surface area contributed by atoms with Crippen LogP contribution in [0.1, 0.15) is 39.5 Å². The Balaban J connectivity index is 1.80. The van der Waals surface area contributed by atoms with Crippen molar-refractivity contribution in [3.63, 3.8) is 0 Å². The Morgan fingerprint density at radius 1 is 1.22 bits per heavy atom. The molecule has 0 radical (unpaired) electrons. The number of piperidine rings is 1. The average Bonchev–Trinajstić information content (AvgIpc) is 2.55. The summed E-state index contributed by atoms with van der Waals surface area (Å²) in [4.78, 5) is 25.4. The third-order valence-corrected chi connectivity index (χ3v) is 4.12. The molecule has 0 spiro atoms. The Bertz CT molecular complexity index is 520. The molecule has 0 saturated carbocycles. The Hall–Kier alpha value is -2.04. The molecule has 5 nitrogen and oxygen atoms in total. The van der Waals surface area contributed by atoms with Crippen LogP contribution in [0.4, 0.5) is 11.4 Å². The molecule has 0 aromatic heterocycles. The molecule has 1 N–H and O–H groups in total. The van der Waals surface area contributed by atoms with Crippen LogP contribution in [0.5, 0.6) is 0 Å². The van der Waals surface area contributed by atoms with Gasteiger partial charge in [-0.15, -0.1) is 0 Å². The second kappa shape index (κ2) is 8.56. The highest BCUT2D eigenvalue weighted by molar-refractivity contribution is 5.92. The van der Waals surface area contributed by atoms with E-state index in [9.17, 15) is 9.59 Å². The first-order valence-electron chi connectivity index (χ1n) is 8.39. The first-order valence-corrected chi connectivity index (χ1v) is 8.39. The Kier molecular flexibility index (Phi) is 6.44. The van der Waals surface area contributed by atoms with E-state index in [1.54, 1.807) is 0 Å². The molecule has 0 aliphatic carbocycles. The summed E-state index contributed by atoms with van der Waals surface area (Å²) >= 11 is 0. The van der Waals surface area contributed by atoms with E-state index in [1.165, 1.54) is 18.5 Å². The van der Waals surface area contributed by atoms with Crippen molar-refractivity contribution in [3.8, 4) is 0 Å². The van der Waals surface area contributed by atoms with Crippen molar-refractivity contribution < 1.29 is 14.3 Å². The van der Waals surface area contributed by atoms with E-state index in [2.05, 4.69) is 17.1 Å². The van der Waals surface area contributed by atoms with Crippen molar-refractivity contribution in [2.75, 3.05) is 29.9 Å². The molecule has 23 heavy (non-hydrogen) atoms. The van der Waals surface area contributed by atoms with Crippen LogP contribution in [0.15, 0.2) is 24.3 Å². The van der Waals surface area contributed by atoms with Crippen LogP contribution < -0.4 is 10.2 Å². The Morgan fingerprint density at radius 2 is 1.87 bits per heavy atom. The topological polar surface area (TPSA) is 58.6 Å². The van der Waals surface area contributed by atoms with Crippen LogP contribution in [0.25, 0.3) is 0 Å². The molecule has 1 saturated heterocycles. The maximum Gasteiger partial charge on any atom is 0.306 e. The number of amides is 1. The maximum atomic E-state index is 11.7.